The second-order valence-corrected chi connectivity index (χ2v) is 17.2. The van der Waals surface area contributed by atoms with Crippen LogP contribution in [0.3, 0.4) is 0 Å². The molecule has 4 bridgehead atoms. The average Bonchev–Trinajstić information content (AvgIpc) is 3.27. The van der Waals surface area contributed by atoms with E-state index in [-0.39, 0.29) is 27.7 Å². The normalized spacial score (nSPS) is 38.2. The lowest BCUT2D eigenvalue weighted by molar-refractivity contribution is 0.0143. The maximum atomic E-state index is 14.4. The van der Waals surface area contributed by atoms with Crippen molar-refractivity contribution >= 4 is 19.7 Å². The highest BCUT2D eigenvalue weighted by Gasteiger charge is 2.96. The first-order valence-electron chi connectivity index (χ1n) is 15.1. The van der Waals surface area contributed by atoms with E-state index < -0.39 is 53.2 Å². The Labute approximate surface area is 252 Å². The highest BCUT2D eigenvalue weighted by molar-refractivity contribution is 7.96. The molecule has 6 nitrogen and oxygen atoms in total. The highest BCUT2D eigenvalue weighted by atomic mass is 32.2. The molecule has 1 saturated heterocycles. The molecule has 1 aliphatic heterocycles. The van der Waals surface area contributed by atoms with Crippen molar-refractivity contribution in [1.82, 2.24) is 0 Å². The minimum absolute atomic E-state index is 0.00794. The molecule has 3 aromatic carbocycles. The molecule has 8 atom stereocenters. The van der Waals surface area contributed by atoms with Crippen LogP contribution in [0.25, 0.3) is 0 Å². The number of epoxide rings is 1. The van der Waals surface area contributed by atoms with Crippen LogP contribution in [0.15, 0.2) is 124 Å². The quantitative estimate of drug-likeness (QED) is 0.265. The van der Waals surface area contributed by atoms with Gasteiger partial charge in [-0.2, -0.15) is 0 Å². The van der Waals surface area contributed by atoms with Crippen LogP contribution >= 0.6 is 0 Å². The van der Waals surface area contributed by atoms with Gasteiger partial charge in [0.25, 0.3) is 0 Å². The standard InChI is InChI=1S/C35H32O6S2/c36-42(37,25-12-6-2-7-13-25)32-29-20-30(33(32)43(38,39)26-14-8-3-9-15-26)35-28-17-16-27(34(29,35)41-35)31(28)23-18-24(19-23)40-21-22-10-4-1-5-11-22/h1-17,24,27-30,32-33H,18-21H2/t24?,27-,28-,29-,30+,32-,33+,34+,35+/m0/s1. The van der Waals surface area contributed by atoms with Crippen LogP contribution < -0.4 is 0 Å². The van der Waals surface area contributed by atoms with E-state index in [1.807, 2.05) is 18.2 Å². The van der Waals surface area contributed by atoms with Crippen molar-refractivity contribution in [2.24, 2.45) is 23.7 Å². The summed E-state index contributed by atoms with van der Waals surface area (Å²) >= 11 is 0. The van der Waals surface area contributed by atoms with Gasteiger partial charge in [-0.25, -0.2) is 16.8 Å². The number of fused-ring (bicyclic) bond motifs is 4. The molecule has 0 unspecified atom stereocenters. The minimum Gasteiger partial charge on any atom is -0.373 e. The molecule has 4 saturated carbocycles. The number of ether oxygens (including phenoxy) is 2. The summed E-state index contributed by atoms with van der Waals surface area (Å²) in [4.78, 5) is 0.358. The van der Waals surface area contributed by atoms with Crippen LogP contribution in [0.4, 0.5) is 0 Å². The predicted molar refractivity (Wildman–Crippen MR) is 160 cm³/mol. The van der Waals surface area contributed by atoms with E-state index in [2.05, 4.69) is 24.3 Å². The smallest absolute Gasteiger partial charge is 0.182 e. The zero-order chi connectivity index (χ0) is 29.2. The minimum atomic E-state index is -3.97. The lowest BCUT2D eigenvalue weighted by Gasteiger charge is -2.36. The summed E-state index contributed by atoms with van der Waals surface area (Å²) in [6, 6.07) is 26.9. The van der Waals surface area contributed by atoms with Crippen molar-refractivity contribution in [2.75, 3.05) is 0 Å². The van der Waals surface area contributed by atoms with Crippen LogP contribution in [0.2, 0.25) is 0 Å². The highest BCUT2D eigenvalue weighted by Crippen LogP contribution is 2.85. The Morgan fingerprint density at radius 1 is 0.674 bits per heavy atom. The second kappa shape index (κ2) is 8.78. The second-order valence-electron chi connectivity index (χ2n) is 13.0. The summed E-state index contributed by atoms with van der Waals surface area (Å²) in [5, 5.41) is -2.13. The van der Waals surface area contributed by atoms with Crippen molar-refractivity contribution < 1.29 is 26.3 Å². The molecule has 5 fully saturated rings. The van der Waals surface area contributed by atoms with Crippen molar-refractivity contribution in [2.45, 2.75) is 63.5 Å². The van der Waals surface area contributed by atoms with Gasteiger partial charge in [0.05, 0.1) is 33.0 Å². The zero-order valence-electron chi connectivity index (χ0n) is 23.5. The van der Waals surface area contributed by atoms with Gasteiger partial charge < -0.3 is 9.47 Å². The number of hydrogen-bond acceptors (Lipinski definition) is 6. The molecule has 3 aromatic rings. The van der Waals surface area contributed by atoms with Crippen molar-refractivity contribution in [3.63, 3.8) is 0 Å². The molecule has 0 spiro atoms. The maximum Gasteiger partial charge on any atom is 0.182 e. The number of rotatable bonds is 7. The van der Waals surface area contributed by atoms with Gasteiger partial charge in [-0.05, 0) is 49.1 Å². The van der Waals surface area contributed by atoms with Crippen molar-refractivity contribution in [3.8, 4) is 0 Å². The molecule has 0 aromatic heterocycles. The first-order valence-corrected chi connectivity index (χ1v) is 18.2. The van der Waals surface area contributed by atoms with Gasteiger partial charge in [-0.15, -0.1) is 0 Å². The number of hydrogen-bond donors (Lipinski definition) is 0. The fourth-order valence-electron chi connectivity index (χ4n) is 9.66. The van der Waals surface area contributed by atoms with Crippen molar-refractivity contribution in [1.29, 1.82) is 0 Å². The third-order valence-electron chi connectivity index (χ3n) is 11.3. The van der Waals surface area contributed by atoms with Crippen molar-refractivity contribution in [3.05, 3.63) is 120 Å². The first kappa shape index (κ1) is 26.4. The van der Waals surface area contributed by atoms with Gasteiger partial charge in [0, 0.05) is 23.7 Å². The van der Waals surface area contributed by atoms with Crippen LogP contribution in [-0.2, 0) is 35.8 Å². The molecule has 8 heteroatoms. The summed E-state index contributed by atoms with van der Waals surface area (Å²) in [7, 11) is -7.94. The maximum absolute atomic E-state index is 14.4. The topological polar surface area (TPSA) is 90.0 Å². The Morgan fingerprint density at radius 2 is 1.14 bits per heavy atom. The fraction of sp³-hybridized carbons (Fsp3) is 0.371. The molecule has 9 rings (SSSR count). The average molecular weight is 613 g/mol. The van der Waals surface area contributed by atoms with Gasteiger partial charge in [-0.3, -0.25) is 0 Å². The van der Waals surface area contributed by atoms with E-state index in [9.17, 15) is 16.8 Å². The van der Waals surface area contributed by atoms with E-state index in [1.165, 1.54) is 11.1 Å². The summed E-state index contributed by atoms with van der Waals surface area (Å²) in [5.74, 6) is -0.809. The third kappa shape index (κ3) is 3.25. The summed E-state index contributed by atoms with van der Waals surface area (Å²) in [6.07, 6.45) is 6.84. The van der Waals surface area contributed by atoms with Crippen LogP contribution in [0.5, 0.6) is 0 Å². The number of sulfone groups is 2. The molecular weight excluding hydrogens is 581 g/mol. The van der Waals surface area contributed by atoms with E-state index in [1.54, 1.807) is 60.7 Å². The molecular formula is C35H32O6S2. The molecule has 0 radical (unpaired) electrons. The molecule has 6 aliphatic rings. The summed E-state index contributed by atoms with van der Waals surface area (Å²) < 4.78 is 70.6. The Bertz CT molecular complexity index is 1790. The Hall–Kier alpha value is -3.04. The largest absolute Gasteiger partial charge is 0.373 e. The Kier molecular flexibility index (Phi) is 5.38. The third-order valence-corrected chi connectivity index (χ3v) is 16.0. The van der Waals surface area contributed by atoms with Crippen LogP contribution in [-0.4, -0.2) is 44.6 Å². The molecule has 0 amide bonds. The molecule has 220 valence electrons. The lowest BCUT2D eigenvalue weighted by Crippen LogP contribution is -2.54. The molecule has 1 heterocycles. The van der Waals surface area contributed by atoms with E-state index >= 15 is 0 Å². The van der Waals surface area contributed by atoms with Crippen LogP contribution in [0.1, 0.15) is 24.8 Å². The monoisotopic (exact) mass is 612 g/mol. The van der Waals surface area contributed by atoms with E-state index in [4.69, 9.17) is 9.47 Å². The molecule has 0 N–H and O–H groups in total. The first-order chi connectivity index (χ1) is 20.8. The summed E-state index contributed by atoms with van der Waals surface area (Å²) in [5.41, 5.74) is 2.57. The Balaban J connectivity index is 1.09. The van der Waals surface area contributed by atoms with Crippen LogP contribution in [0, 0.1) is 23.7 Å². The lowest BCUT2D eigenvalue weighted by atomic mass is 9.73. The Morgan fingerprint density at radius 3 is 1.63 bits per heavy atom. The van der Waals surface area contributed by atoms with Gasteiger partial charge in [0.1, 0.15) is 11.2 Å². The molecule has 5 aliphatic carbocycles. The zero-order valence-corrected chi connectivity index (χ0v) is 25.1. The fourth-order valence-corrected chi connectivity index (χ4v) is 14.8. The number of benzene rings is 3. The summed E-state index contributed by atoms with van der Waals surface area (Å²) in [6.45, 7) is 0.582. The van der Waals surface area contributed by atoms with Gasteiger partial charge >= 0.3 is 0 Å². The van der Waals surface area contributed by atoms with E-state index in [0.29, 0.717) is 13.0 Å². The predicted octanol–water partition coefficient (Wildman–Crippen LogP) is 5.32. The molecule has 43 heavy (non-hydrogen) atoms. The van der Waals surface area contributed by atoms with Gasteiger partial charge in [-0.1, -0.05) is 90.0 Å². The van der Waals surface area contributed by atoms with Gasteiger partial charge in [0.2, 0.25) is 0 Å². The van der Waals surface area contributed by atoms with Gasteiger partial charge in [0.15, 0.2) is 19.7 Å². The SMILES string of the molecule is O=S(=O)(c1ccccc1)[C@@H]1[C@H](S(=O)(=O)c2ccccc2)[C@H]2C[C@@H]1[C@@]13O[C@]21[C@H]1C=C[C@H]3C1=C1CC(OCc2ccccc2)C1. The van der Waals surface area contributed by atoms with E-state index in [0.717, 1.165) is 18.4 Å².